The van der Waals surface area contributed by atoms with E-state index in [-0.39, 0.29) is 6.04 Å². The zero-order valence-corrected chi connectivity index (χ0v) is 12.7. The smallest absolute Gasteiger partial charge is 0.206 e. The first-order chi connectivity index (χ1) is 9.80. The van der Waals surface area contributed by atoms with Gasteiger partial charge < -0.3 is 10.1 Å². The Bertz CT molecular complexity index is 597. The van der Waals surface area contributed by atoms with Gasteiger partial charge in [0, 0.05) is 6.42 Å². The number of aryl methyl sites for hydroxylation is 1. The molecule has 0 saturated heterocycles. The number of benzene rings is 1. The van der Waals surface area contributed by atoms with E-state index in [1.807, 2.05) is 0 Å². The SMILES string of the molecule is CCc1nnc(NC(CC)c2ccc3c(c2)CCO3)s1. The Labute approximate surface area is 123 Å². The van der Waals surface area contributed by atoms with E-state index in [1.165, 1.54) is 11.1 Å². The summed E-state index contributed by atoms with van der Waals surface area (Å²) in [7, 11) is 0. The zero-order chi connectivity index (χ0) is 13.9. The van der Waals surface area contributed by atoms with Gasteiger partial charge in [-0.25, -0.2) is 0 Å². The Balaban J connectivity index is 1.79. The summed E-state index contributed by atoms with van der Waals surface area (Å²) in [6.45, 7) is 5.09. The average molecular weight is 289 g/mol. The fourth-order valence-corrected chi connectivity index (χ4v) is 3.18. The minimum atomic E-state index is 0.276. The molecule has 20 heavy (non-hydrogen) atoms. The summed E-state index contributed by atoms with van der Waals surface area (Å²) in [5.41, 5.74) is 2.61. The van der Waals surface area contributed by atoms with Crippen LogP contribution in [0.5, 0.6) is 5.75 Å². The molecule has 2 aromatic rings. The molecule has 1 atom stereocenters. The third-order valence-corrected chi connectivity index (χ3v) is 4.59. The van der Waals surface area contributed by atoms with Gasteiger partial charge in [0.25, 0.3) is 0 Å². The normalized spacial score (nSPS) is 14.7. The fraction of sp³-hybridized carbons (Fsp3) is 0.467. The van der Waals surface area contributed by atoms with E-state index in [1.54, 1.807) is 11.3 Å². The average Bonchev–Trinajstić information content (AvgIpc) is 3.12. The second-order valence-electron chi connectivity index (χ2n) is 4.93. The molecule has 0 saturated carbocycles. The molecule has 2 heterocycles. The molecule has 1 aromatic heterocycles. The van der Waals surface area contributed by atoms with Gasteiger partial charge in [-0.1, -0.05) is 31.3 Å². The van der Waals surface area contributed by atoms with Crippen LogP contribution in [0.1, 0.15) is 42.4 Å². The first-order valence-corrected chi connectivity index (χ1v) is 7.96. The highest BCUT2D eigenvalue weighted by Gasteiger charge is 2.17. The highest BCUT2D eigenvalue weighted by molar-refractivity contribution is 7.15. The van der Waals surface area contributed by atoms with Crippen LogP contribution >= 0.6 is 11.3 Å². The van der Waals surface area contributed by atoms with Crippen LogP contribution in [0.2, 0.25) is 0 Å². The van der Waals surface area contributed by atoms with E-state index in [2.05, 4.69) is 47.6 Å². The predicted molar refractivity (Wildman–Crippen MR) is 81.6 cm³/mol. The first-order valence-electron chi connectivity index (χ1n) is 7.14. The minimum absolute atomic E-state index is 0.276. The van der Waals surface area contributed by atoms with Crippen LogP contribution in [0.4, 0.5) is 5.13 Å². The lowest BCUT2D eigenvalue weighted by molar-refractivity contribution is 0.357. The van der Waals surface area contributed by atoms with Gasteiger partial charge in [0.05, 0.1) is 12.6 Å². The fourth-order valence-electron chi connectivity index (χ4n) is 2.45. The molecule has 3 rings (SSSR count). The van der Waals surface area contributed by atoms with Crippen molar-refractivity contribution in [1.82, 2.24) is 10.2 Å². The zero-order valence-electron chi connectivity index (χ0n) is 11.8. The Morgan fingerprint density at radius 2 is 2.25 bits per heavy atom. The van der Waals surface area contributed by atoms with Crippen molar-refractivity contribution in [2.24, 2.45) is 0 Å². The number of nitrogens with zero attached hydrogens (tertiary/aromatic N) is 2. The van der Waals surface area contributed by atoms with Crippen molar-refractivity contribution in [1.29, 1.82) is 0 Å². The van der Waals surface area contributed by atoms with Crippen LogP contribution in [-0.4, -0.2) is 16.8 Å². The lowest BCUT2D eigenvalue weighted by atomic mass is 10.0. The van der Waals surface area contributed by atoms with Gasteiger partial charge in [-0.15, -0.1) is 10.2 Å². The molecule has 0 bridgehead atoms. The number of rotatable bonds is 5. The number of nitrogens with one attached hydrogen (secondary N) is 1. The van der Waals surface area contributed by atoms with Crippen LogP contribution in [0.3, 0.4) is 0 Å². The highest BCUT2D eigenvalue weighted by Crippen LogP contribution is 2.31. The Morgan fingerprint density at radius 3 is 3.00 bits per heavy atom. The van der Waals surface area contributed by atoms with Gasteiger partial charge >= 0.3 is 0 Å². The number of hydrogen-bond acceptors (Lipinski definition) is 5. The molecule has 0 aliphatic carbocycles. The largest absolute Gasteiger partial charge is 0.493 e. The second kappa shape index (κ2) is 5.79. The van der Waals surface area contributed by atoms with E-state index in [0.717, 1.165) is 41.8 Å². The topological polar surface area (TPSA) is 47.0 Å². The lowest BCUT2D eigenvalue weighted by Crippen LogP contribution is -2.09. The van der Waals surface area contributed by atoms with Gasteiger partial charge in [-0.05, 0) is 36.1 Å². The molecule has 4 nitrogen and oxygen atoms in total. The summed E-state index contributed by atoms with van der Waals surface area (Å²) in [5.74, 6) is 1.03. The third kappa shape index (κ3) is 2.63. The van der Waals surface area contributed by atoms with Gasteiger partial charge in [-0.2, -0.15) is 0 Å². The van der Waals surface area contributed by atoms with Crippen molar-refractivity contribution in [3.05, 3.63) is 34.3 Å². The Morgan fingerprint density at radius 1 is 1.35 bits per heavy atom. The highest BCUT2D eigenvalue weighted by atomic mass is 32.1. The molecular formula is C15H19N3OS. The number of ether oxygens (including phenoxy) is 1. The molecule has 0 spiro atoms. The summed E-state index contributed by atoms with van der Waals surface area (Å²) in [6, 6.07) is 6.76. The molecule has 0 amide bonds. The molecular weight excluding hydrogens is 270 g/mol. The second-order valence-corrected chi connectivity index (χ2v) is 5.99. The van der Waals surface area contributed by atoms with Crippen LogP contribution < -0.4 is 10.1 Å². The van der Waals surface area contributed by atoms with Crippen LogP contribution in [-0.2, 0) is 12.8 Å². The van der Waals surface area contributed by atoms with Gasteiger partial charge in [0.15, 0.2) is 0 Å². The molecule has 1 aromatic carbocycles. The van der Waals surface area contributed by atoms with Crippen molar-refractivity contribution >= 4 is 16.5 Å². The van der Waals surface area contributed by atoms with Gasteiger partial charge in [0.1, 0.15) is 10.8 Å². The molecule has 1 N–H and O–H groups in total. The number of hydrogen-bond donors (Lipinski definition) is 1. The van der Waals surface area contributed by atoms with Gasteiger partial charge in [0.2, 0.25) is 5.13 Å². The van der Waals surface area contributed by atoms with Crippen molar-refractivity contribution in [2.45, 2.75) is 39.2 Å². The van der Waals surface area contributed by atoms with Crippen LogP contribution in [0, 0.1) is 0 Å². The van der Waals surface area contributed by atoms with Crippen molar-refractivity contribution in [3.63, 3.8) is 0 Å². The maximum absolute atomic E-state index is 5.56. The molecule has 0 radical (unpaired) electrons. The quantitative estimate of drug-likeness (QED) is 0.913. The minimum Gasteiger partial charge on any atom is -0.493 e. The predicted octanol–water partition coefficient (Wildman–Crippen LogP) is 3.60. The lowest BCUT2D eigenvalue weighted by Gasteiger charge is -2.17. The molecule has 1 aliphatic heterocycles. The number of anilines is 1. The Kier molecular flexibility index (Phi) is 3.87. The summed E-state index contributed by atoms with van der Waals surface area (Å²) < 4.78 is 5.56. The van der Waals surface area contributed by atoms with Crippen molar-refractivity contribution < 1.29 is 4.74 Å². The van der Waals surface area contributed by atoms with E-state index >= 15 is 0 Å². The summed E-state index contributed by atoms with van der Waals surface area (Å²) in [4.78, 5) is 0. The van der Waals surface area contributed by atoms with E-state index in [0.29, 0.717) is 0 Å². The Hall–Kier alpha value is -1.62. The number of aromatic nitrogens is 2. The van der Waals surface area contributed by atoms with Gasteiger partial charge in [-0.3, -0.25) is 0 Å². The first kappa shape index (κ1) is 13.4. The molecule has 5 heteroatoms. The van der Waals surface area contributed by atoms with E-state index in [4.69, 9.17) is 4.74 Å². The van der Waals surface area contributed by atoms with Crippen LogP contribution in [0.25, 0.3) is 0 Å². The molecule has 0 fully saturated rings. The standard InChI is InChI=1S/C15H19N3OS/c1-3-12(16-15-18-17-14(4-2)20-15)10-5-6-13-11(9-10)7-8-19-13/h5-6,9,12H,3-4,7-8H2,1-2H3,(H,16,18). The summed E-state index contributed by atoms with van der Waals surface area (Å²) in [6.07, 6.45) is 2.96. The summed E-state index contributed by atoms with van der Waals surface area (Å²) >= 11 is 1.64. The summed E-state index contributed by atoms with van der Waals surface area (Å²) in [5, 5.41) is 13.8. The van der Waals surface area contributed by atoms with E-state index < -0.39 is 0 Å². The van der Waals surface area contributed by atoms with E-state index in [9.17, 15) is 0 Å². The van der Waals surface area contributed by atoms with Crippen LogP contribution in [0.15, 0.2) is 18.2 Å². The maximum atomic E-state index is 5.56. The van der Waals surface area contributed by atoms with Crippen molar-refractivity contribution in [3.8, 4) is 5.75 Å². The monoisotopic (exact) mass is 289 g/mol. The third-order valence-electron chi connectivity index (χ3n) is 3.59. The molecule has 106 valence electrons. The maximum Gasteiger partial charge on any atom is 0.206 e. The van der Waals surface area contributed by atoms with Crippen molar-refractivity contribution in [2.75, 3.05) is 11.9 Å². The molecule has 1 unspecified atom stereocenters. The molecule has 1 aliphatic rings. The number of fused-ring (bicyclic) bond motifs is 1.